The van der Waals surface area contributed by atoms with Crippen LogP contribution < -0.4 is 37.7 Å². The first-order valence-electron chi connectivity index (χ1n) is 26.9. The summed E-state index contributed by atoms with van der Waals surface area (Å²) in [5, 5.41) is -2.25. The van der Waals surface area contributed by atoms with Crippen molar-refractivity contribution < 1.29 is 64.9 Å². The molecule has 0 unspecified atom stereocenters. The molecule has 0 aromatic rings. The molecule has 0 atom stereocenters. The molecular formula is C52H116F2Li2N4O4Si6. The SMILES string of the molecule is C1CCOC1.C1CCOC1.C1CCOC1.C1CCOC1.CC(C)(C)[Si](C)([N-][Si]1(F)N([Si](C)(C(C)(C)C)C(C)(C)C)[Si](F)([N-][Si](C)(C(C)(C)C)C(C)(C)C)N1[Si](C)(C(C)(C)C)C(C)(C)C)C(C)(C)C.[Li+].[Li+]. The van der Waals surface area contributed by atoms with Crippen LogP contribution in [0.2, 0.25) is 66.5 Å². The maximum atomic E-state index is 20.2. The van der Waals surface area contributed by atoms with Crippen molar-refractivity contribution in [2.24, 2.45) is 0 Å². The van der Waals surface area contributed by atoms with E-state index in [1.165, 1.54) is 51.4 Å². The van der Waals surface area contributed by atoms with Crippen molar-refractivity contribution in [2.75, 3.05) is 52.9 Å². The van der Waals surface area contributed by atoms with Crippen LogP contribution in [0.5, 0.6) is 0 Å². The van der Waals surface area contributed by atoms with Crippen LogP contribution in [0.25, 0.3) is 9.30 Å². The van der Waals surface area contributed by atoms with Crippen molar-refractivity contribution in [1.29, 1.82) is 0 Å². The van der Waals surface area contributed by atoms with E-state index in [2.05, 4.69) is 192 Å². The summed E-state index contributed by atoms with van der Waals surface area (Å²) in [7, 11) is -21.0. The maximum Gasteiger partial charge on any atom is 1.00 e. The fourth-order valence-corrected chi connectivity index (χ4v) is 61.8. The summed E-state index contributed by atoms with van der Waals surface area (Å²) < 4.78 is 76.0. The number of hydrogen-bond donors (Lipinski definition) is 0. The monoisotopic (exact) mass is 1080 g/mol. The topological polar surface area (TPSA) is 71.6 Å². The van der Waals surface area contributed by atoms with E-state index in [0.717, 1.165) is 52.9 Å². The molecule has 70 heavy (non-hydrogen) atoms. The first-order chi connectivity index (χ1) is 30.1. The number of ether oxygens (including phenoxy) is 4. The predicted molar refractivity (Wildman–Crippen MR) is 309 cm³/mol. The standard InChI is InChI=1S/C36H84F2N4Si6.4C4H8O.2Li/c1-29(2,3)43(25,30(4,5)6)39-47(37)41(45(27,33(13,14)15)34(16,17)18)48(38,40-44(26,31(7,8)9)32(10,11)12)42(47)46(28,35(19,20)21)36(22,23)24;4*1-2-4-5-3-1;;/h1-28H3;4*1-4H2;;/q-2;;;;;2*+1. The predicted octanol–water partition coefficient (Wildman–Crippen LogP) is 12.1. The van der Waals surface area contributed by atoms with E-state index in [-0.39, 0.29) is 78.0 Å². The molecule has 5 fully saturated rings. The van der Waals surface area contributed by atoms with Gasteiger partial charge in [0.15, 0.2) is 0 Å². The fourth-order valence-electron chi connectivity index (χ4n) is 11.0. The van der Waals surface area contributed by atoms with Crippen molar-refractivity contribution in [3.05, 3.63) is 9.30 Å². The van der Waals surface area contributed by atoms with Crippen molar-refractivity contribution in [2.45, 2.75) is 284 Å². The Kier molecular flexibility index (Phi) is 28.4. The van der Waals surface area contributed by atoms with Gasteiger partial charge in [0.25, 0.3) is 17.8 Å². The minimum absolute atomic E-state index is 0. The number of hydrogen-bond acceptors (Lipinski definition) is 6. The van der Waals surface area contributed by atoms with Crippen molar-refractivity contribution in [1.82, 2.24) is 7.79 Å². The Morgan fingerprint density at radius 3 is 0.543 bits per heavy atom. The fraction of sp³-hybridized carbons (Fsp3) is 1.00. The molecule has 0 amide bonds. The maximum absolute atomic E-state index is 20.2. The normalized spacial score (nSPS) is 23.7. The van der Waals surface area contributed by atoms with Gasteiger partial charge in [-0.15, -0.1) is 0 Å². The average Bonchev–Trinajstić information content (AvgIpc) is 3.98. The molecule has 5 saturated heterocycles. The first kappa shape index (κ1) is 74.1. The second-order valence-corrected chi connectivity index (χ2v) is 59.5. The van der Waals surface area contributed by atoms with Crippen LogP contribution >= 0.6 is 0 Å². The second-order valence-electron chi connectivity index (χ2n) is 29.6. The average molecular weight is 1080 g/mol. The zero-order chi connectivity index (χ0) is 53.7. The minimum atomic E-state index is -4.58. The van der Waals surface area contributed by atoms with Gasteiger partial charge in [-0.25, -0.2) is 0 Å². The first-order valence-corrected chi connectivity index (χ1v) is 40.2. The Hall–Kier alpha value is 2.04. The molecule has 8 nitrogen and oxygen atoms in total. The molecule has 0 spiro atoms. The molecule has 5 rings (SSSR count). The van der Waals surface area contributed by atoms with Gasteiger partial charge in [-0.2, -0.15) is 0 Å². The Bertz CT molecular complexity index is 1290. The van der Waals surface area contributed by atoms with E-state index < -0.39 is 50.7 Å². The van der Waals surface area contributed by atoms with Crippen molar-refractivity contribution >= 4 is 50.7 Å². The number of rotatable bonds is 6. The van der Waals surface area contributed by atoms with Gasteiger partial charge in [0.1, 0.15) is 16.5 Å². The van der Waals surface area contributed by atoms with Crippen LogP contribution in [0.3, 0.4) is 0 Å². The molecule has 0 aromatic carbocycles. The summed E-state index contributed by atoms with van der Waals surface area (Å²) in [4.78, 5) is 0. The van der Waals surface area contributed by atoms with Gasteiger partial charge in [0, 0.05) is 52.9 Å². The second kappa shape index (κ2) is 26.8. The minimum Gasteiger partial charge on any atom is -0.614 e. The third-order valence-electron chi connectivity index (χ3n) is 17.8. The summed E-state index contributed by atoms with van der Waals surface area (Å²) in [6, 6.07) is 0. The molecule has 0 radical (unpaired) electrons. The summed E-state index contributed by atoms with van der Waals surface area (Å²) in [6.07, 6.45) is 10.2. The van der Waals surface area contributed by atoms with E-state index in [4.69, 9.17) is 28.2 Å². The van der Waals surface area contributed by atoms with E-state index in [1.807, 2.05) is 7.79 Å². The van der Waals surface area contributed by atoms with Gasteiger partial charge in [0.2, 0.25) is 0 Å². The third kappa shape index (κ3) is 16.5. The van der Waals surface area contributed by atoms with Crippen LogP contribution in [0, 0.1) is 0 Å². The summed E-state index contributed by atoms with van der Waals surface area (Å²) in [6.45, 7) is 71.1. The van der Waals surface area contributed by atoms with E-state index in [0.29, 0.717) is 0 Å². The zero-order valence-electron chi connectivity index (χ0n) is 52.5. The Morgan fingerprint density at radius 1 is 0.314 bits per heavy atom. The number of halogens is 2. The van der Waals surface area contributed by atoms with E-state index >= 15 is 8.22 Å². The Morgan fingerprint density at radius 2 is 0.457 bits per heavy atom. The summed E-state index contributed by atoms with van der Waals surface area (Å²) in [5.41, 5.74) is 0. The molecule has 5 aliphatic heterocycles. The van der Waals surface area contributed by atoms with Gasteiger partial charge in [-0.1, -0.05) is 213 Å². The molecule has 408 valence electrons. The Labute approximate surface area is 466 Å². The molecule has 0 N–H and O–H groups in total. The number of nitrogens with zero attached hydrogens (tertiary/aromatic N) is 4. The molecule has 0 saturated carbocycles. The largest absolute Gasteiger partial charge is 1.00 e. The van der Waals surface area contributed by atoms with E-state index in [9.17, 15) is 0 Å². The van der Waals surface area contributed by atoms with Gasteiger partial charge < -0.3 is 36.0 Å². The van der Waals surface area contributed by atoms with Crippen molar-refractivity contribution in [3.63, 3.8) is 0 Å². The molecule has 0 aliphatic carbocycles. The molecule has 18 heteroatoms. The van der Waals surface area contributed by atoms with Gasteiger partial charge in [0.05, 0.1) is 0 Å². The Balaban J connectivity index is 0. The van der Waals surface area contributed by atoms with Crippen LogP contribution in [0.4, 0.5) is 8.22 Å². The summed E-state index contributed by atoms with van der Waals surface area (Å²) >= 11 is 0. The van der Waals surface area contributed by atoms with Crippen LogP contribution in [-0.2, 0) is 18.9 Å². The van der Waals surface area contributed by atoms with E-state index in [1.54, 1.807) is 0 Å². The summed E-state index contributed by atoms with van der Waals surface area (Å²) in [5.74, 6) is 0. The molecular weight excluding hydrogens is 965 g/mol. The third-order valence-corrected chi connectivity index (χ3v) is 63.2. The quantitative estimate of drug-likeness (QED) is 0.195. The van der Waals surface area contributed by atoms with Gasteiger partial charge in [-0.05, 0) is 88.0 Å². The van der Waals surface area contributed by atoms with Crippen LogP contribution in [-0.4, -0.2) is 111 Å². The van der Waals surface area contributed by atoms with Crippen molar-refractivity contribution in [3.8, 4) is 0 Å². The smallest absolute Gasteiger partial charge is 0.614 e. The zero-order valence-corrected chi connectivity index (χ0v) is 58.5. The van der Waals surface area contributed by atoms with Crippen LogP contribution in [0.1, 0.15) is 218 Å². The van der Waals surface area contributed by atoms with Crippen LogP contribution in [0.15, 0.2) is 0 Å². The molecule has 0 aromatic heterocycles. The van der Waals surface area contributed by atoms with Gasteiger partial charge >= 0.3 is 37.7 Å². The molecule has 0 bridgehead atoms. The molecule has 5 heterocycles. The molecule has 5 aliphatic rings. The van der Waals surface area contributed by atoms with Gasteiger partial charge in [-0.3, -0.25) is 8.22 Å².